The van der Waals surface area contributed by atoms with Gasteiger partial charge in [-0.2, -0.15) is 0 Å². The first kappa shape index (κ1) is 8.94. The summed E-state index contributed by atoms with van der Waals surface area (Å²) in [5.74, 6) is 0.506. The Morgan fingerprint density at radius 3 is 2.64 bits per heavy atom. The van der Waals surface area contributed by atoms with Gasteiger partial charge in [0.25, 0.3) is 0 Å². The van der Waals surface area contributed by atoms with E-state index in [1.807, 2.05) is 19.9 Å². The number of benzene rings is 1. The van der Waals surface area contributed by atoms with Gasteiger partial charge in [-0.3, -0.25) is 0 Å². The van der Waals surface area contributed by atoms with E-state index in [1.54, 1.807) is 6.07 Å². The van der Waals surface area contributed by atoms with Crippen molar-refractivity contribution in [2.75, 3.05) is 0 Å². The predicted octanol–water partition coefficient (Wildman–Crippen LogP) is 3.10. The van der Waals surface area contributed by atoms with E-state index in [-0.39, 0.29) is 5.82 Å². The van der Waals surface area contributed by atoms with E-state index >= 15 is 0 Å². The maximum absolute atomic E-state index is 12.9. The van der Waals surface area contributed by atoms with Crippen molar-refractivity contribution in [1.82, 2.24) is 5.16 Å². The van der Waals surface area contributed by atoms with Gasteiger partial charge < -0.3 is 4.52 Å². The molecule has 72 valence electrons. The maximum atomic E-state index is 12.9. The summed E-state index contributed by atoms with van der Waals surface area (Å²) < 4.78 is 18.0. The fourth-order valence-electron chi connectivity index (χ4n) is 1.32. The van der Waals surface area contributed by atoms with Crippen LogP contribution < -0.4 is 0 Å². The average Bonchev–Trinajstić information content (AvgIpc) is 2.48. The Labute approximate surface area is 81.3 Å². The molecule has 0 spiro atoms. The number of halogens is 1. The lowest BCUT2D eigenvalue weighted by molar-refractivity contribution is 0.398. The van der Waals surface area contributed by atoms with Crippen molar-refractivity contribution < 1.29 is 8.91 Å². The van der Waals surface area contributed by atoms with Crippen molar-refractivity contribution >= 4 is 0 Å². The second-order valence-corrected chi connectivity index (χ2v) is 3.22. The smallest absolute Gasteiger partial charge is 0.137 e. The van der Waals surface area contributed by atoms with E-state index in [0.717, 1.165) is 16.9 Å². The standard InChI is InChI=1S/C11H10FNO/c1-7-8(2)14-13-11(7)9-4-3-5-10(12)6-9/h3-6H,1-2H3. The van der Waals surface area contributed by atoms with Crippen molar-refractivity contribution in [3.63, 3.8) is 0 Å². The lowest BCUT2D eigenvalue weighted by atomic mass is 10.1. The van der Waals surface area contributed by atoms with Crippen LogP contribution in [0.5, 0.6) is 0 Å². The van der Waals surface area contributed by atoms with E-state index in [9.17, 15) is 4.39 Å². The second-order valence-electron chi connectivity index (χ2n) is 3.22. The van der Waals surface area contributed by atoms with Crippen LogP contribution in [0.4, 0.5) is 4.39 Å². The van der Waals surface area contributed by atoms with Crippen LogP contribution in [0.25, 0.3) is 11.3 Å². The van der Waals surface area contributed by atoms with Crippen molar-refractivity contribution in [2.45, 2.75) is 13.8 Å². The Hall–Kier alpha value is -1.64. The SMILES string of the molecule is Cc1onc(-c2cccc(F)c2)c1C. The van der Waals surface area contributed by atoms with E-state index in [2.05, 4.69) is 5.16 Å². The summed E-state index contributed by atoms with van der Waals surface area (Å²) in [6.07, 6.45) is 0. The van der Waals surface area contributed by atoms with Gasteiger partial charge in [-0.05, 0) is 26.0 Å². The summed E-state index contributed by atoms with van der Waals surface area (Å²) in [5.41, 5.74) is 2.41. The van der Waals surface area contributed by atoms with Gasteiger partial charge in [0.15, 0.2) is 0 Å². The molecule has 0 saturated heterocycles. The molecular formula is C11H10FNO. The molecule has 1 heterocycles. The summed E-state index contributed by atoms with van der Waals surface area (Å²) in [6, 6.07) is 6.33. The molecule has 0 unspecified atom stereocenters. The Morgan fingerprint density at radius 2 is 2.07 bits per heavy atom. The number of nitrogens with zero attached hydrogens (tertiary/aromatic N) is 1. The van der Waals surface area contributed by atoms with Crippen LogP contribution >= 0.6 is 0 Å². The molecule has 1 aromatic heterocycles. The summed E-state index contributed by atoms with van der Waals surface area (Å²) in [5, 5.41) is 3.88. The zero-order valence-corrected chi connectivity index (χ0v) is 8.04. The van der Waals surface area contributed by atoms with Gasteiger partial charge in [0.1, 0.15) is 17.3 Å². The number of hydrogen-bond donors (Lipinski definition) is 0. The van der Waals surface area contributed by atoms with Crippen LogP contribution in [-0.4, -0.2) is 5.16 Å². The fraction of sp³-hybridized carbons (Fsp3) is 0.182. The van der Waals surface area contributed by atoms with E-state index in [1.165, 1.54) is 12.1 Å². The minimum Gasteiger partial charge on any atom is -0.361 e. The van der Waals surface area contributed by atoms with Crippen LogP contribution in [0, 0.1) is 19.7 Å². The minimum atomic E-state index is -0.262. The van der Waals surface area contributed by atoms with Gasteiger partial charge in [-0.15, -0.1) is 0 Å². The molecule has 0 aliphatic carbocycles. The number of rotatable bonds is 1. The average molecular weight is 191 g/mol. The van der Waals surface area contributed by atoms with Crippen LogP contribution in [0.3, 0.4) is 0 Å². The Morgan fingerprint density at radius 1 is 1.29 bits per heavy atom. The summed E-state index contributed by atoms with van der Waals surface area (Å²) in [4.78, 5) is 0. The highest BCUT2D eigenvalue weighted by Crippen LogP contribution is 2.24. The minimum absolute atomic E-state index is 0.262. The second kappa shape index (κ2) is 3.25. The summed E-state index contributed by atoms with van der Waals surface area (Å²) >= 11 is 0. The van der Waals surface area contributed by atoms with E-state index in [4.69, 9.17) is 4.52 Å². The molecule has 2 nitrogen and oxygen atoms in total. The van der Waals surface area contributed by atoms with Crippen molar-refractivity contribution in [2.24, 2.45) is 0 Å². The van der Waals surface area contributed by atoms with Gasteiger partial charge in [0.2, 0.25) is 0 Å². The largest absolute Gasteiger partial charge is 0.361 e. The lowest BCUT2D eigenvalue weighted by Crippen LogP contribution is -1.82. The van der Waals surface area contributed by atoms with Crippen molar-refractivity contribution in [3.05, 3.63) is 41.4 Å². The molecule has 1 aromatic carbocycles. The third-order valence-corrected chi connectivity index (χ3v) is 2.26. The summed E-state index contributed by atoms with van der Waals surface area (Å²) in [6.45, 7) is 3.75. The van der Waals surface area contributed by atoms with Crippen LogP contribution in [0.1, 0.15) is 11.3 Å². The predicted molar refractivity (Wildman–Crippen MR) is 51.4 cm³/mol. The van der Waals surface area contributed by atoms with E-state index < -0.39 is 0 Å². The molecule has 2 aromatic rings. The molecule has 0 saturated carbocycles. The van der Waals surface area contributed by atoms with Gasteiger partial charge in [0, 0.05) is 11.1 Å². The van der Waals surface area contributed by atoms with Crippen LogP contribution in [-0.2, 0) is 0 Å². The highest BCUT2D eigenvalue weighted by molar-refractivity contribution is 5.62. The van der Waals surface area contributed by atoms with Gasteiger partial charge in [-0.1, -0.05) is 17.3 Å². The summed E-state index contributed by atoms with van der Waals surface area (Å²) in [7, 11) is 0. The molecule has 0 aliphatic rings. The Kier molecular flexibility index (Phi) is 2.08. The van der Waals surface area contributed by atoms with Crippen LogP contribution in [0.2, 0.25) is 0 Å². The highest BCUT2D eigenvalue weighted by atomic mass is 19.1. The maximum Gasteiger partial charge on any atom is 0.137 e. The Balaban J connectivity index is 2.55. The van der Waals surface area contributed by atoms with Gasteiger partial charge in [0.05, 0.1) is 0 Å². The van der Waals surface area contributed by atoms with Crippen molar-refractivity contribution in [3.8, 4) is 11.3 Å². The molecule has 0 atom stereocenters. The fourth-order valence-corrected chi connectivity index (χ4v) is 1.32. The normalized spacial score (nSPS) is 10.5. The zero-order chi connectivity index (χ0) is 10.1. The quantitative estimate of drug-likeness (QED) is 0.692. The highest BCUT2D eigenvalue weighted by Gasteiger charge is 2.10. The molecule has 0 fully saturated rings. The molecule has 0 N–H and O–H groups in total. The van der Waals surface area contributed by atoms with Crippen molar-refractivity contribution in [1.29, 1.82) is 0 Å². The molecular weight excluding hydrogens is 181 g/mol. The molecule has 0 aliphatic heterocycles. The third-order valence-electron chi connectivity index (χ3n) is 2.26. The molecule has 3 heteroatoms. The zero-order valence-electron chi connectivity index (χ0n) is 8.04. The number of aryl methyl sites for hydroxylation is 1. The first-order chi connectivity index (χ1) is 6.68. The lowest BCUT2D eigenvalue weighted by Gasteiger charge is -1.96. The molecule has 0 bridgehead atoms. The first-order valence-electron chi connectivity index (χ1n) is 4.37. The molecule has 2 rings (SSSR count). The first-order valence-corrected chi connectivity index (χ1v) is 4.37. The van der Waals surface area contributed by atoms with Crippen LogP contribution in [0.15, 0.2) is 28.8 Å². The van der Waals surface area contributed by atoms with Gasteiger partial charge in [-0.25, -0.2) is 4.39 Å². The molecule has 0 amide bonds. The third kappa shape index (κ3) is 1.41. The topological polar surface area (TPSA) is 26.0 Å². The number of aromatic nitrogens is 1. The Bertz CT molecular complexity index is 462. The van der Waals surface area contributed by atoms with Gasteiger partial charge >= 0.3 is 0 Å². The monoisotopic (exact) mass is 191 g/mol. The molecule has 0 radical (unpaired) electrons. The number of hydrogen-bond acceptors (Lipinski definition) is 2. The molecule has 14 heavy (non-hydrogen) atoms. The van der Waals surface area contributed by atoms with E-state index in [0.29, 0.717) is 5.69 Å².